The smallest absolute Gasteiger partial charge is 0.184 e. The SMILES string of the molecule is CC(C)(C)C1(O[Si](C)(C)C)CC(c2ccccc2)=C(c2ccccc2)C[Si]1([Si](C)(C)C)[Si](C)(C)C. The van der Waals surface area contributed by atoms with Gasteiger partial charge >= 0.3 is 0 Å². The maximum absolute atomic E-state index is 7.77. The average Bonchev–Trinajstić information content (AvgIpc) is 2.71. The molecule has 0 N–H and O–H groups in total. The van der Waals surface area contributed by atoms with Crippen molar-refractivity contribution in [1.82, 2.24) is 0 Å². The first-order valence-corrected chi connectivity index (χ1v) is 28.0. The van der Waals surface area contributed by atoms with Crippen LogP contribution < -0.4 is 0 Å². The Balaban J connectivity index is 2.54. The molecule has 35 heavy (non-hydrogen) atoms. The van der Waals surface area contributed by atoms with Gasteiger partial charge in [-0.2, -0.15) is 0 Å². The number of hydrogen-bond donors (Lipinski definition) is 0. The standard InChI is InChI=1S/C30H50OSi4/c1-29(2,3)30(31-32(4,5)6)23-27(25-19-15-13-16-20-25)28(26-21-17-14-18-22-26)24-35(30,33(7,8)9)34(10,11)12/h13-22H,23-24H2,1-12H3. The van der Waals surface area contributed by atoms with Gasteiger partial charge in [0.15, 0.2) is 8.32 Å². The van der Waals surface area contributed by atoms with Crippen LogP contribution >= 0.6 is 0 Å². The van der Waals surface area contributed by atoms with Gasteiger partial charge in [0.1, 0.15) is 0 Å². The molecular weight excluding hydrogens is 489 g/mol. The molecule has 0 fully saturated rings. The lowest BCUT2D eigenvalue weighted by Gasteiger charge is -2.69. The lowest BCUT2D eigenvalue weighted by Crippen LogP contribution is -2.87. The Bertz CT molecular complexity index is 1030. The number of hydrogen-bond acceptors (Lipinski definition) is 1. The molecule has 1 aliphatic rings. The van der Waals surface area contributed by atoms with Crippen LogP contribution in [0, 0.1) is 5.41 Å². The molecule has 0 aromatic heterocycles. The van der Waals surface area contributed by atoms with E-state index < -0.39 is 30.6 Å². The Morgan fingerprint density at radius 2 is 1.06 bits per heavy atom. The molecule has 1 atom stereocenters. The van der Waals surface area contributed by atoms with Crippen molar-refractivity contribution in [2.45, 2.75) is 97.4 Å². The second-order valence-electron chi connectivity index (χ2n) is 14.7. The Morgan fingerprint density at radius 1 is 0.657 bits per heavy atom. The second-order valence-corrected chi connectivity index (χ2v) is 46.8. The highest BCUT2D eigenvalue weighted by Gasteiger charge is 2.72. The van der Waals surface area contributed by atoms with Crippen molar-refractivity contribution in [1.29, 1.82) is 0 Å². The summed E-state index contributed by atoms with van der Waals surface area (Å²) < 4.78 is 7.77. The highest BCUT2D eigenvalue weighted by molar-refractivity contribution is 7.70. The van der Waals surface area contributed by atoms with Crippen molar-refractivity contribution in [2.75, 3.05) is 0 Å². The molecule has 0 aliphatic carbocycles. The summed E-state index contributed by atoms with van der Waals surface area (Å²) >= 11 is 0. The predicted molar refractivity (Wildman–Crippen MR) is 168 cm³/mol. The quantitative estimate of drug-likeness (QED) is 0.333. The van der Waals surface area contributed by atoms with Gasteiger partial charge in [0.25, 0.3) is 0 Å². The van der Waals surface area contributed by atoms with Gasteiger partial charge in [-0.05, 0) is 59.8 Å². The van der Waals surface area contributed by atoms with Crippen molar-refractivity contribution in [3.8, 4) is 0 Å². The van der Waals surface area contributed by atoms with Crippen LogP contribution in [0.3, 0.4) is 0 Å². The van der Waals surface area contributed by atoms with Gasteiger partial charge in [-0.1, -0.05) is 121 Å². The van der Waals surface area contributed by atoms with Crippen LogP contribution in [0.5, 0.6) is 0 Å². The first kappa shape index (κ1) is 28.6. The molecule has 1 unspecified atom stereocenters. The van der Waals surface area contributed by atoms with Crippen molar-refractivity contribution < 1.29 is 4.43 Å². The van der Waals surface area contributed by atoms with E-state index in [0.717, 1.165) is 6.42 Å². The fourth-order valence-corrected chi connectivity index (χ4v) is 61.4. The molecule has 1 heterocycles. The summed E-state index contributed by atoms with van der Waals surface area (Å²) in [5, 5.41) is -0.0666. The van der Waals surface area contributed by atoms with Gasteiger partial charge in [0.2, 0.25) is 0 Å². The Hall–Kier alpha value is -0.992. The fraction of sp³-hybridized carbons (Fsp3) is 0.533. The van der Waals surface area contributed by atoms with Crippen LogP contribution in [0.4, 0.5) is 0 Å². The van der Waals surface area contributed by atoms with Gasteiger partial charge in [-0.15, -0.1) is 0 Å². The monoisotopic (exact) mass is 538 g/mol. The molecule has 0 amide bonds. The normalized spacial score (nSPS) is 21.8. The molecule has 1 nitrogen and oxygen atoms in total. The fourth-order valence-electron chi connectivity index (χ4n) is 7.42. The summed E-state index contributed by atoms with van der Waals surface area (Å²) in [6, 6.07) is 23.8. The zero-order valence-corrected chi connectivity index (χ0v) is 28.6. The van der Waals surface area contributed by atoms with Crippen LogP contribution in [0.1, 0.15) is 38.3 Å². The molecule has 5 heteroatoms. The van der Waals surface area contributed by atoms with Gasteiger partial charge in [0.05, 0.1) is 12.3 Å². The van der Waals surface area contributed by atoms with E-state index in [2.05, 4.69) is 140 Å². The van der Waals surface area contributed by atoms with Gasteiger partial charge in [-0.25, -0.2) is 0 Å². The maximum Gasteiger partial charge on any atom is 0.184 e. The van der Waals surface area contributed by atoms with Gasteiger partial charge < -0.3 is 4.43 Å². The highest BCUT2D eigenvalue weighted by Crippen LogP contribution is 2.61. The van der Waals surface area contributed by atoms with Crippen molar-refractivity contribution in [3.05, 3.63) is 71.8 Å². The molecule has 192 valence electrons. The molecule has 0 spiro atoms. The maximum atomic E-state index is 7.77. The first-order valence-electron chi connectivity index (χ1n) is 13.4. The third-order valence-corrected chi connectivity index (χ3v) is 50.3. The van der Waals surface area contributed by atoms with E-state index in [1.165, 1.54) is 22.7 Å². The third kappa shape index (κ3) is 5.08. The number of rotatable bonds is 6. The van der Waals surface area contributed by atoms with E-state index in [-0.39, 0.29) is 10.6 Å². The molecule has 0 saturated carbocycles. The number of allylic oxidation sites excluding steroid dienone is 1. The Morgan fingerprint density at radius 3 is 1.40 bits per heavy atom. The summed E-state index contributed by atoms with van der Waals surface area (Å²) in [7, 11) is -7.10. The van der Waals surface area contributed by atoms with E-state index in [1.54, 1.807) is 5.57 Å². The van der Waals surface area contributed by atoms with E-state index >= 15 is 0 Å². The molecule has 0 saturated heterocycles. The van der Waals surface area contributed by atoms with Crippen molar-refractivity contribution in [2.24, 2.45) is 5.41 Å². The van der Waals surface area contributed by atoms with E-state index in [9.17, 15) is 0 Å². The predicted octanol–water partition coefficient (Wildman–Crippen LogP) is 9.46. The molecule has 1 aliphatic heterocycles. The lowest BCUT2D eigenvalue weighted by molar-refractivity contribution is 0.0325. The van der Waals surface area contributed by atoms with Crippen LogP contribution in [-0.4, -0.2) is 35.8 Å². The summed E-state index contributed by atoms with van der Waals surface area (Å²) in [4.78, 5) is 0. The summed E-state index contributed by atoms with van der Waals surface area (Å²) in [5.41, 5.74) is 6.03. The van der Waals surface area contributed by atoms with E-state index in [0.29, 0.717) is 0 Å². The van der Waals surface area contributed by atoms with Crippen molar-refractivity contribution >= 4 is 41.8 Å². The van der Waals surface area contributed by atoms with E-state index in [4.69, 9.17) is 4.43 Å². The van der Waals surface area contributed by atoms with Crippen LogP contribution in [-0.2, 0) is 4.43 Å². The summed E-state index contributed by atoms with van der Waals surface area (Å²) in [5.74, 6) is 0. The van der Waals surface area contributed by atoms with Gasteiger partial charge in [0, 0.05) is 15.2 Å². The third-order valence-electron chi connectivity index (χ3n) is 8.42. The molecule has 0 bridgehead atoms. The average molecular weight is 539 g/mol. The number of benzene rings is 2. The Labute approximate surface area is 220 Å². The highest BCUT2D eigenvalue weighted by atomic mass is 29.6. The van der Waals surface area contributed by atoms with Crippen LogP contribution in [0.2, 0.25) is 65.0 Å². The minimum absolute atomic E-state index is 0.0666. The van der Waals surface area contributed by atoms with Crippen LogP contribution in [0.15, 0.2) is 60.7 Å². The molecule has 2 aromatic carbocycles. The topological polar surface area (TPSA) is 9.23 Å². The van der Waals surface area contributed by atoms with E-state index in [1.807, 2.05) is 0 Å². The largest absolute Gasteiger partial charge is 0.415 e. The lowest BCUT2D eigenvalue weighted by atomic mass is 9.80. The molecule has 2 aromatic rings. The van der Waals surface area contributed by atoms with Gasteiger partial charge in [-0.3, -0.25) is 0 Å². The molecule has 0 radical (unpaired) electrons. The summed E-state index contributed by atoms with van der Waals surface area (Å²) in [6.45, 7) is 31.0. The minimum Gasteiger partial charge on any atom is -0.415 e. The minimum atomic E-state index is -2.00. The zero-order valence-electron chi connectivity index (χ0n) is 24.6. The summed E-state index contributed by atoms with van der Waals surface area (Å²) in [6.07, 6.45) is 1.05. The molecule has 3 rings (SSSR count). The second kappa shape index (κ2) is 9.39. The molecular formula is C30H50OSi4. The first-order chi connectivity index (χ1) is 15.9. The Kier molecular flexibility index (Phi) is 7.67. The van der Waals surface area contributed by atoms with Crippen molar-refractivity contribution in [3.63, 3.8) is 0 Å². The van der Waals surface area contributed by atoms with Crippen LogP contribution in [0.25, 0.3) is 11.1 Å². The zero-order chi connectivity index (χ0) is 26.5.